The van der Waals surface area contributed by atoms with Gasteiger partial charge in [0.05, 0.1) is 6.54 Å². The summed E-state index contributed by atoms with van der Waals surface area (Å²) >= 11 is 0. The number of nitrogens with one attached hydrogen (secondary N) is 1. The third kappa shape index (κ3) is 5.14. The Kier molecular flexibility index (Phi) is 6.29. The molecule has 1 rings (SSSR count). The van der Waals surface area contributed by atoms with Crippen molar-refractivity contribution in [2.24, 2.45) is 0 Å². The molecule has 0 aromatic heterocycles. The zero-order valence-corrected chi connectivity index (χ0v) is 11.9. The first-order chi connectivity index (χ1) is 9.56. The van der Waals surface area contributed by atoms with Crippen LogP contribution in [-0.4, -0.2) is 36.3 Å². The van der Waals surface area contributed by atoms with Crippen molar-refractivity contribution in [3.05, 3.63) is 35.9 Å². The van der Waals surface area contributed by atoms with Gasteiger partial charge in [0, 0.05) is 24.9 Å². The molecule has 2 amide bonds. The summed E-state index contributed by atoms with van der Waals surface area (Å²) in [5, 5.41) is 2.67. The fraction of sp³-hybridized carbons (Fsp3) is 0.333. The van der Waals surface area contributed by atoms with E-state index in [2.05, 4.69) is 5.32 Å². The van der Waals surface area contributed by atoms with Crippen molar-refractivity contribution in [3.63, 3.8) is 0 Å². The molecule has 0 saturated carbocycles. The molecule has 0 unspecified atom stereocenters. The Morgan fingerprint density at radius 3 is 2.45 bits per heavy atom. The monoisotopic (exact) mass is 275 g/mol. The fourth-order valence-electron chi connectivity index (χ4n) is 1.65. The van der Waals surface area contributed by atoms with Crippen molar-refractivity contribution in [3.8, 4) is 0 Å². The molecular weight excluding hydrogens is 254 g/mol. The third-order valence-electron chi connectivity index (χ3n) is 2.76. The highest BCUT2D eigenvalue weighted by Crippen LogP contribution is 2.07. The summed E-state index contributed by atoms with van der Waals surface area (Å²) in [6.07, 6.45) is 3.18. The first-order valence-electron chi connectivity index (χ1n) is 6.66. The maximum Gasteiger partial charge on any atom is 0.247 e. The van der Waals surface area contributed by atoms with Crippen molar-refractivity contribution in [1.82, 2.24) is 10.2 Å². The van der Waals surface area contributed by atoms with Crippen LogP contribution in [0.5, 0.6) is 0 Å². The summed E-state index contributed by atoms with van der Waals surface area (Å²) in [5.74, 6) is -0.334. The van der Waals surface area contributed by atoms with E-state index < -0.39 is 0 Å². The second-order valence-electron chi connectivity index (χ2n) is 4.31. The quantitative estimate of drug-likeness (QED) is 0.606. The summed E-state index contributed by atoms with van der Waals surface area (Å²) in [7, 11) is 0. The molecular formula is C15H21N3O2. The summed E-state index contributed by atoms with van der Waals surface area (Å²) in [6, 6.07) is 7.21. The minimum atomic E-state index is -0.185. The van der Waals surface area contributed by atoms with Gasteiger partial charge in [-0.1, -0.05) is 12.1 Å². The standard InChI is InChI=1S/C15H21N3O2/c1-3-17-14(19)11-18(4-2)15(20)10-7-12-5-8-13(16)9-6-12/h5-10H,3-4,11,16H2,1-2H3,(H,17,19)/b10-7+. The SMILES string of the molecule is CCNC(=O)CN(CC)C(=O)/C=C/c1ccc(N)cc1. The van der Waals surface area contributed by atoms with E-state index in [0.717, 1.165) is 5.56 Å². The second-order valence-corrected chi connectivity index (χ2v) is 4.31. The first kappa shape index (κ1) is 15.8. The molecule has 0 bridgehead atoms. The van der Waals surface area contributed by atoms with Crippen molar-refractivity contribution >= 4 is 23.6 Å². The molecule has 1 aromatic carbocycles. The molecule has 20 heavy (non-hydrogen) atoms. The number of likely N-dealkylation sites (N-methyl/N-ethyl adjacent to an activating group) is 2. The smallest absolute Gasteiger partial charge is 0.247 e. The molecule has 0 aliphatic rings. The molecule has 0 aliphatic carbocycles. The normalized spacial score (nSPS) is 10.5. The Balaban J connectivity index is 2.62. The molecule has 0 radical (unpaired) electrons. The van der Waals surface area contributed by atoms with Gasteiger partial charge in [0.2, 0.25) is 11.8 Å². The van der Waals surface area contributed by atoms with E-state index in [1.54, 1.807) is 18.2 Å². The maximum atomic E-state index is 12.0. The summed E-state index contributed by atoms with van der Waals surface area (Å²) < 4.78 is 0. The lowest BCUT2D eigenvalue weighted by molar-refractivity contribution is -0.132. The minimum absolute atomic E-state index is 0.0786. The van der Waals surface area contributed by atoms with Crippen LogP contribution in [0.1, 0.15) is 19.4 Å². The van der Waals surface area contributed by atoms with Gasteiger partial charge in [-0.05, 0) is 37.6 Å². The van der Waals surface area contributed by atoms with E-state index in [1.807, 2.05) is 26.0 Å². The molecule has 1 aromatic rings. The van der Waals surface area contributed by atoms with Crippen LogP contribution in [0, 0.1) is 0 Å². The van der Waals surface area contributed by atoms with Crippen LogP contribution >= 0.6 is 0 Å². The Morgan fingerprint density at radius 2 is 1.90 bits per heavy atom. The van der Waals surface area contributed by atoms with Gasteiger partial charge in [0.1, 0.15) is 0 Å². The number of hydrogen-bond acceptors (Lipinski definition) is 3. The zero-order chi connectivity index (χ0) is 15.0. The van der Waals surface area contributed by atoms with Gasteiger partial charge in [-0.15, -0.1) is 0 Å². The molecule has 108 valence electrons. The Morgan fingerprint density at radius 1 is 1.25 bits per heavy atom. The van der Waals surface area contributed by atoms with Gasteiger partial charge in [-0.2, -0.15) is 0 Å². The van der Waals surface area contributed by atoms with Crippen LogP contribution in [0.3, 0.4) is 0 Å². The van der Waals surface area contributed by atoms with Crippen LogP contribution in [0.4, 0.5) is 5.69 Å². The van der Waals surface area contributed by atoms with Crippen molar-refractivity contribution in [2.75, 3.05) is 25.4 Å². The van der Waals surface area contributed by atoms with E-state index in [1.165, 1.54) is 11.0 Å². The molecule has 0 spiro atoms. The number of hydrogen-bond donors (Lipinski definition) is 2. The number of nitrogen functional groups attached to an aromatic ring is 1. The highest BCUT2D eigenvalue weighted by atomic mass is 16.2. The lowest BCUT2D eigenvalue weighted by Crippen LogP contribution is -2.39. The fourth-order valence-corrected chi connectivity index (χ4v) is 1.65. The van der Waals surface area contributed by atoms with Crippen LogP contribution in [0.15, 0.2) is 30.3 Å². The first-order valence-corrected chi connectivity index (χ1v) is 6.66. The second kappa shape index (κ2) is 7.99. The molecule has 0 atom stereocenters. The number of carbonyl (C=O) groups is 2. The van der Waals surface area contributed by atoms with Crippen LogP contribution < -0.4 is 11.1 Å². The average Bonchev–Trinajstić information content (AvgIpc) is 2.44. The Bertz CT molecular complexity index is 480. The summed E-state index contributed by atoms with van der Waals surface area (Å²) in [5.41, 5.74) is 7.16. The van der Waals surface area contributed by atoms with Gasteiger partial charge < -0.3 is 16.0 Å². The molecule has 0 fully saturated rings. The van der Waals surface area contributed by atoms with Crippen molar-refractivity contribution in [1.29, 1.82) is 0 Å². The predicted molar refractivity (Wildman–Crippen MR) is 80.8 cm³/mol. The topological polar surface area (TPSA) is 75.4 Å². The van der Waals surface area contributed by atoms with Crippen LogP contribution in [0.25, 0.3) is 6.08 Å². The van der Waals surface area contributed by atoms with E-state index in [-0.39, 0.29) is 18.4 Å². The average molecular weight is 275 g/mol. The van der Waals surface area contributed by atoms with Crippen molar-refractivity contribution < 1.29 is 9.59 Å². The number of benzene rings is 1. The third-order valence-corrected chi connectivity index (χ3v) is 2.76. The van der Waals surface area contributed by atoms with Crippen molar-refractivity contribution in [2.45, 2.75) is 13.8 Å². The molecule has 3 N–H and O–H groups in total. The highest BCUT2D eigenvalue weighted by molar-refractivity contribution is 5.94. The number of amides is 2. The van der Waals surface area contributed by atoms with Crippen LogP contribution in [-0.2, 0) is 9.59 Å². The summed E-state index contributed by atoms with van der Waals surface area (Å²) in [4.78, 5) is 25.0. The van der Waals surface area contributed by atoms with Gasteiger partial charge in [0.15, 0.2) is 0 Å². The van der Waals surface area contributed by atoms with Gasteiger partial charge >= 0.3 is 0 Å². The lowest BCUT2D eigenvalue weighted by Gasteiger charge is -2.18. The van der Waals surface area contributed by atoms with E-state index in [9.17, 15) is 9.59 Å². The number of nitrogens with zero attached hydrogens (tertiary/aromatic N) is 1. The number of carbonyl (C=O) groups excluding carboxylic acids is 2. The van der Waals surface area contributed by atoms with E-state index in [4.69, 9.17) is 5.73 Å². The van der Waals surface area contributed by atoms with Gasteiger partial charge in [-0.3, -0.25) is 9.59 Å². The van der Waals surface area contributed by atoms with E-state index >= 15 is 0 Å². The molecule has 0 heterocycles. The highest BCUT2D eigenvalue weighted by Gasteiger charge is 2.12. The predicted octanol–water partition coefficient (Wildman–Crippen LogP) is 1.27. The maximum absolute atomic E-state index is 12.0. The molecule has 5 heteroatoms. The van der Waals surface area contributed by atoms with Gasteiger partial charge in [-0.25, -0.2) is 0 Å². The Labute approximate surface area is 119 Å². The Hall–Kier alpha value is -2.30. The van der Waals surface area contributed by atoms with Crippen LogP contribution in [0.2, 0.25) is 0 Å². The van der Waals surface area contributed by atoms with Gasteiger partial charge in [0.25, 0.3) is 0 Å². The molecule has 5 nitrogen and oxygen atoms in total. The zero-order valence-electron chi connectivity index (χ0n) is 11.9. The summed E-state index contributed by atoms with van der Waals surface area (Å²) in [6.45, 7) is 4.81. The number of rotatable bonds is 6. The largest absolute Gasteiger partial charge is 0.399 e. The lowest BCUT2D eigenvalue weighted by atomic mass is 10.2. The number of anilines is 1. The number of nitrogens with two attached hydrogens (primary N) is 1. The molecule has 0 aliphatic heterocycles. The molecule has 0 saturated heterocycles. The minimum Gasteiger partial charge on any atom is -0.399 e. The van der Waals surface area contributed by atoms with E-state index in [0.29, 0.717) is 18.8 Å².